The summed E-state index contributed by atoms with van der Waals surface area (Å²) >= 11 is 0. The number of piperazine rings is 1. The number of aromatic nitrogens is 2. The Bertz CT molecular complexity index is 1640. The molecule has 6 rings (SSSR count). The van der Waals surface area contributed by atoms with E-state index in [2.05, 4.69) is 32.0 Å². The van der Waals surface area contributed by atoms with Gasteiger partial charge in [0, 0.05) is 73.4 Å². The summed E-state index contributed by atoms with van der Waals surface area (Å²) in [6.07, 6.45) is 2.43. The number of ether oxygens (including phenoxy) is 2. The third-order valence-electron chi connectivity index (χ3n) is 8.72. The van der Waals surface area contributed by atoms with Crippen LogP contribution in [0.25, 0.3) is 0 Å². The van der Waals surface area contributed by atoms with E-state index in [0.717, 1.165) is 55.4 Å². The van der Waals surface area contributed by atoms with Gasteiger partial charge in [-0.15, -0.1) is 0 Å². The zero-order valence-corrected chi connectivity index (χ0v) is 26.1. The first-order valence-corrected chi connectivity index (χ1v) is 15.6. The van der Waals surface area contributed by atoms with Gasteiger partial charge in [-0.2, -0.15) is 0 Å². The van der Waals surface area contributed by atoms with E-state index >= 15 is 0 Å². The van der Waals surface area contributed by atoms with Crippen LogP contribution in [0, 0.1) is 5.92 Å². The molecule has 10 nitrogen and oxygen atoms in total. The molecule has 3 aromatic carbocycles. The van der Waals surface area contributed by atoms with Crippen molar-refractivity contribution in [3.8, 4) is 0 Å². The van der Waals surface area contributed by atoms with Crippen LogP contribution in [-0.4, -0.2) is 70.5 Å². The fraction of sp³-hybridized carbons (Fsp3) is 0.333. The number of amides is 1. The van der Waals surface area contributed by atoms with Gasteiger partial charge >= 0.3 is 0 Å². The van der Waals surface area contributed by atoms with Gasteiger partial charge in [-0.3, -0.25) is 14.5 Å². The van der Waals surface area contributed by atoms with Crippen LogP contribution < -0.4 is 10.2 Å². The molecule has 0 radical (unpaired) electrons. The highest BCUT2D eigenvalue weighted by molar-refractivity contribution is 6.05. The van der Waals surface area contributed by atoms with Gasteiger partial charge in [0.05, 0.1) is 18.8 Å². The summed E-state index contributed by atoms with van der Waals surface area (Å²) in [5.74, 6) is 0.423. The second-order valence-corrected chi connectivity index (χ2v) is 11.9. The summed E-state index contributed by atoms with van der Waals surface area (Å²) in [6, 6.07) is 23.8. The molecule has 238 valence electrons. The quantitative estimate of drug-likeness (QED) is 0.248. The zero-order chi connectivity index (χ0) is 32.0. The van der Waals surface area contributed by atoms with Crippen LogP contribution in [0.5, 0.6) is 0 Å². The van der Waals surface area contributed by atoms with Gasteiger partial charge in [0.25, 0.3) is 5.91 Å². The Labute approximate surface area is 269 Å². The third-order valence-corrected chi connectivity index (χ3v) is 8.72. The molecule has 3 heterocycles. The lowest BCUT2D eigenvalue weighted by molar-refractivity contribution is -0.276. The van der Waals surface area contributed by atoms with Crippen LogP contribution in [0.1, 0.15) is 63.6 Å². The molecule has 4 atom stereocenters. The molecule has 2 aliphatic heterocycles. The minimum atomic E-state index is -0.698. The smallest absolute Gasteiger partial charge is 0.255 e. The van der Waals surface area contributed by atoms with Gasteiger partial charge < -0.3 is 24.8 Å². The van der Waals surface area contributed by atoms with Crippen LogP contribution in [0.3, 0.4) is 0 Å². The van der Waals surface area contributed by atoms with Crippen LogP contribution in [0.2, 0.25) is 0 Å². The molecule has 0 saturated carbocycles. The van der Waals surface area contributed by atoms with Crippen molar-refractivity contribution in [2.45, 2.75) is 39.0 Å². The van der Waals surface area contributed by atoms with Crippen LogP contribution in [0.15, 0.2) is 91.3 Å². The Morgan fingerprint density at radius 3 is 2.30 bits per heavy atom. The van der Waals surface area contributed by atoms with Crippen molar-refractivity contribution in [2.24, 2.45) is 5.92 Å². The number of carbonyl (C=O) groups excluding carboxylic acids is 2. The molecule has 10 heteroatoms. The lowest BCUT2D eigenvalue weighted by Gasteiger charge is -2.44. The van der Waals surface area contributed by atoms with Crippen molar-refractivity contribution in [1.82, 2.24) is 14.9 Å². The summed E-state index contributed by atoms with van der Waals surface area (Å²) in [5.41, 5.74) is 4.12. The maximum absolute atomic E-state index is 13.3. The Morgan fingerprint density at radius 2 is 1.59 bits per heavy atom. The molecule has 2 aliphatic rings. The largest absolute Gasteiger partial charge is 0.392 e. The Balaban J connectivity index is 1.20. The number of aliphatic hydroxyl groups is 1. The molecule has 0 spiro atoms. The SMILES string of the molecule is CC(=O)c1cccc(NC(=O)c2cccc(C3O[C@H](CN4CCN(c5ncccn5)CC4)[C@H](C)[C@H](c4ccc(CO)cc4)O3)c2)c1. The second-order valence-electron chi connectivity index (χ2n) is 11.9. The van der Waals surface area contributed by atoms with Crippen molar-refractivity contribution in [3.63, 3.8) is 0 Å². The number of rotatable bonds is 9. The van der Waals surface area contributed by atoms with Crippen LogP contribution >= 0.6 is 0 Å². The monoisotopic (exact) mass is 621 g/mol. The van der Waals surface area contributed by atoms with Crippen LogP contribution in [-0.2, 0) is 16.1 Å². The Hall–Kier alpha value is -4.48. The molecule has 1 unspecified atom stereocenters. The maximum atomic E-state index is 13.3. The number of Topliss-reactive ketones (excluding diaryl/α,β-unsaturated/α-hetero) is 1. The molecule has 1 amide bonds. The molecule has 46 heavy (non-hydrogen) atoms. The van der Waals surface area contributed by atoms with E-state index < -0.39 is 6.29 Å². The highest BCUT2D eigenvalue weighted by Crippen LogP contribution is 2.42. The number of benzene rings is 3. The van der Waals surface area contributed by atoms with Gasteiger partial charge in [-0.25, -0.2) is 9.97 Å². The van der Waals surface area contributed by atoms with Gasteiger partial charge in [0.2, 0.25) is 5.95 Å². The van der Waals surface area contributed by atoms with E-state index in [4.69, 9.17) is 9.47 Å². The van der Waals surface area contributed by atoms with Crippen molar-refractivity contribution < 1.29 is 24.2 Å². The standard InChI is InChI=1S/C36H39N5O5/c1-24-32(22-40-16-18-41(19-17-40)36-37-14-5-15-38-36)45-35(46-33(24)27-12-10-26(23-42)11-13-27)30-8-3-7-29(20-30)34(44)39-31-9-4-6-28(21-31)25(2)43/h3-15,20-21,24,32-33,35,42H,16-19,22-23H2,1-2H3,(H,39,44)/t24-,32+,33+,35?/m0/s1. The van der Waals surface area contributed by atoms with Gasteiger partial charge in [-0.1, -0.05) is 55.5 Å². The summed E-state index contributed by atoms with van der Waals surface area (Å²) in [5, 5.41) is 12.5. The predicted octanol–water partition coefficient (Wildman–Crippen LogP) is 5.04. The van der Waals surface area contributed by atoms with E-state index in [0.29, 0.717) is 16.8 Å². The molecule has 4 aromatic rings. The van der Waals surface area contributed by atoms with E-state index in [1.807, 2.05) is 42.5 Å². The fourth-order valence-electron chi connectivity index (χ4n) is 6.01. The minimum absolute atomic E-state index is 0.0242. The molecule has 0 aliphatic carbocycles. The summed E-state index contributed by atoms with van der Waals surface area (Å²) in [6.45, 7) is 7.70. The Kier molecular flexibility index (Phi) is 9.79. The first-order valence-electron chi connectivity index (χ1n) is 15.6. The average Bonchev–Trinajstić information content (AvgIpc) is 3.10. The lowest BCUT2D eigenvalue weighted by Crippen LogP contribution is -2.51. The number of hydrogen-bond donors (Lipinski definition) is 2. The highest BCUT2D eigenvalue weighted by atomic mass is 16.7. The average molecular weight is 622 g/mol. The van der Waals surface area contributed by atoms with E-state index in [9.17, 15) is 14.7 Å². The normalized spacial score (nSPS) is 21.9. The van der Waals surface area contributed by atoms with E-state index in [1.165, 1.54) is 6.92 Å². The summed E-state index contributed by atoms with van der Waals surface area (Å²) in [4.78, 5) is 38.5. The van der Waals surface area contributed by atoms with Gasteiger partial charge in [0.15, 0.2) is 12.1 Å². The fourth-order valence-corrected chi connectivity index (χ4v) is 6.01. The summed E-state index contributed by atoms with van der Waals surface area (Å²) in [7, 11) is 0. The van der Waals surface area contributed by atoms with E-state index in [1.54, 1.807) is 48.8 Å². The number of ketones is 1. The number of nitrogens with one attached hydrogen (secondary N) is 1. The molecular weight excluding hydrogens is 582 g/mol. The predicted molar refractivity (Wildman–Crippen MR) is 174 cm³/mol. The topological polar surface area (TPSA) is 117 Å². The first kappa shape index (κ1) is 31.5. The molecule has 0 bridgehead atoms. The third kappa shape index (κ3) is 7.32. The minimum Gasteiger partial charge on any atom is -0.392 e. The highest BCUT2D eigenvalue weighted by Gasteiger charge is 2.39. The number of aliphatic hydroxyl groups excluding tert-OH is 1. The van der Waals surface area contributed by atoms with Crippen LogP contribution in [0.4, 0.5) is 11.6 Å². The van der Waals surface area contributed by atoms with Gasteiger partial charge in [0.1, 0.15) is 0 Å². The molecule has 2 saturated heterocycles. The van der Waals surface area contributed by atoms with Gasteiger partial charge in [-0.05, 0) is 48.4 Å². The zero-order valence-electron chi connectivity index (χ0n) is 26.1. The second kappa shape index (κ2) is 14.3. The van der Waals surface area contributed by atoms with E-state index in [-0.39, 0.29) is 36.4 Å². The molecular formula is C36H39N5O5. The molecule has 2 N–H and O–H groups in total. The first-order chi connectivity index (χ1) is 22.4. The van der Waals surface area contributed by atoms with Crippen molar-refractivity contribution >= 4 is 23.3 Å². The summed E-state index contributed by atoms with van der Waals surface area (Å²) < 4.78 is 13.3. The lowest BCUT2D eigenvalue weighted by atomic mass is 9.90. The maximum Gasteiger partial charge on any atom is 0.255 e. The number of anilines is 2. The Morgan fingerprint density at radius 1 is 0.870 bits per heavy atom. The molecule has 1 aromatic heterocycles. The number of nitrogens with zero attached hydrogens (tertiary/aromatic N) is 4. The number of hydrogen-bond acceptors (Lipinski definition) is 9. The van der Waals surface area contributed by atoms with Crippen molar-refractivity contribution in [2.75, 3.05) is 42.9 Å². The molecule has 2 fully saturated rings. The van der Waals surface area contributed by atoms with Crippen molar-refractivity contribution in [3.05, 3.63) is 119 Å². The van der Waals surface area contributed by atoms with Crippen molar-refractivity contribution in [1.29, 1.82) is 0 Å². The number of carbonyl (C=O) groups is 2.